The highest BCUT2D eigenvalue weighted by molar-refractivity contribution is 5.67. The highest BCUT2D eigenvalue weighted by Gasteiger charge is 2.43. The molecular formula is C6H9NO3. The Labute approximate surface area is 58.3 Å². The zero-order valence-corrected chi connectivity index (χ0v) is 5.50. The lowest BCUT2D eigenvalue weighted by molar-refractivity contribution is -0.113. The van der Waals surface area contributed by atoms with E-state index in [1.165, 1.54) is 0 Å². The van der Waals surface area contributed by atoms with Gasteiger partial charge in [0.1, 0.15) is 12.9 Å². The Morgan fingerprint density at radius 3 is 2.60 bits per heavy atom. The third-order valence-corrected chi connectivity index (χ3v) is 1.64. The standard InChI is InChI=1S/C6H9NO3/c7-5(9)10-4-6(3-8)1-2-6/h3H,1-2,4H2,(H2,7,9). The molecule has 0 atom stereocenters. The second kappa shape index (κ2) is 2.28. The van der Waals surface area contributed by atoms with Crippen molar-refractivity contribution in [1.29, 1.82) is 0 Å². The molecule has 0 radical (unpaired) electrons. The van der Waals surface area contributed by atoms with E-state index in [1.807, 2.05) is 0 Å². The molecule has 1 amide bonds. The maximum Gasteiger partial charge on any atom is 0.404 e. The van der Waals surface area contributed by atoms with Gasteiger partial charge in [-0.1, -0.05) is 0 Å². The van der Waals surface area contributed by atoms with Crippen molar-refractivity contribution in [3.63, 3.8) is 0 Å². The highest BCUT2D eigenvalue weighted by Crippen LogP contribution is 2.43. The third kappa shape index (κ3) is 1.46. The first kappa shape index (κ1) is 7.05. The van der Waals surface area contributed by atoms with Crippen LogP contribution < -0.4 is 5.73 Å². The lowest BCUT2D eigenvalue weighted by Gasteiger charge is -2.04. The summed E-state index contributed by atoms with van der Waals surface area (Å²) in [6.45, 7) is 0.145. The lowest BCUT2D eigenvalue weighted by atomic mass is 10.2. The zero-order valence-electron chi connectivity index (χ0n) is 5.50. The summed E-state index contributed by atoms with van der Waals surface area (Å²) >= 11 is 0. The van der Waals surface area contributed by atoms with Crippen molar-refractivity contribution in [3.05, 3.63) is 0 Å². The molecule has 0 aromatic heterocycles. The Bertz CT molecular complexity index is 162. The van der Waals surface area contributed by atoms with Gasteiger partial charge in [-0.2, -0.15) is 0 Å². The van der Waals surface area contributed by atoms with E-state index < -0.39 is 6.09 Å². The van der Waals surface area contributed by atoms with Gasteiger partial charge in [0.25, 0.3) is 0 Å². The van der Waals surface area contributed by atoms with E-state index in [0.717, 1.165) is 19.1 Å². The number of nitrogens with two attached hydrogens (primary N) is 1. The largest absolute Gasteiger partial charge is 0.449 e. The molecule has 1 fully saturated rings. The van der Waals surface area contributed by atoms with Gasteiger partial charge in [0.2, 0.25) is 0 Å². The van der Waals surface area contributed by atoms with Gasteiger partial charge in [0.05, 0.1) is 5.41 Å². The predicted molar refractivity (Wildman–Crippen MR) is 33.3 cm³/mol. The molecule has 1 rings (SSSR count). The molecule has 0 unspecified atom stereocenters. The van der Waals surface area contributed by atoms with Crippen LogP contribution in [0.4, 0.5) is 4.79 Å². The minimum absolute atomic E-state index is 0.145. The number of ether oxygens (including phenoxy) is 1. The van der Waals surface area contributed by atoms with E-state index in [1.54, 1.807) is 0 Å². The molecule has 4 heteroatoms. The van der Waals surface area contributed by atoms with E-state index in [4.69, 9.17) is 5.73 Å². The monoisotopic (exact) mass is 143 g/mol. The van der Waals surface area contributed by atoms with E-state index >= 15 is 0 Å². The molecule has 0 aromatic rings. The van der Waals surface area contributed by atoms with Gasteiger partial charge < -0.3 is 15.3 Å². The van der Waals surface area contributed by atoms with Crippen LogP contribution in [0.1, 0.15) is 12.8 Å². The Morgan fingerprint density at radius 1 is 1.70 bits per heavy atom. The van der Waals surface area contributed by atoms with Crippen molar-refractivity contribution >= 4 is 12.4 Å². The van der Waals surface area contributed by atoms with E-state index in [2.05, 4.69) is 4.74 Å². The van der Waals surface area contributed by atoms with Crippen LogP contribution in [0.25, 0.3) is 0 Å². The summed E-state index contributed by atoms with van der Waals surface area (Å²) in [6, 6.07) is 0. The van der Waals surface area contributed by atoms with Gasteiger partial charge in [-0.15, -0.1) is 0 Å². The van der Waals surface area contributed by atoms with Crippen LogP contribution in [0.2, 0.25) is 0 Å². The third-order valence-electron chi connectivity index (χ3n) is 1.64. The van der Waals surface area contributed by atoms with Gasteiger partial charge in [-0.3, -0.25) is 0 Å². The molecule has 56 valence electrons. The number of carbonyl (C=O) groups is 2. The maximum absolute atomic E-state index is 10.3. The molecule has 1 saturated carbocycles. The predicted octanol–water partition coefficient (Wildman–Crippen LogP) is 0.0608. The molecular weight excluding hydrogens is 134 g/mol. The normalized spacial score (nSPS) is 19.6. The molecule has 0 spiro atoms. The van der Waals surface area contributed by atoms with Crippen molar-refractivity contribution in [2.45, 2.75) is 12.8 Å². The Morgan fingerprint density at radius 2 is 2.30 bits per heavy atom. The van der Waals surface area contributed by atoms with E-state index in [0.29, 0.717) is 0 Å². The highest BCUT2D eigenvalue weighted by atomic mass is 16.5. The molecule has 4 nitrogen and oxygen atoms in total. The van der Waals surface area contributed by atoms with E-state index in [9.17, 15) is 9.59 Å². The van der Waals surface area contributed by atoms with Crippen molar-refractivity contribution in [1.82, 2.24) is 0 Å². The fraction of sp³-hybridized carbons (Fsp3) is 0.667. The lowest BCUT2D eigenvalue weighted by Crippen LogP contribution is -2.20. The molecule has 0 saturated heterocycles. The summed E-state index contributed by atoms with van der Waals surface area (Å²) in [7, 11) is 0. The van der Waals surface area contributed by atoms with Gasteiger partial charge in [-0.25, -0.2) is 4.79 Å². The fourth-order valence-corrected chi connectivity index (χ4v) is 0.672. The first-order valence-electron chi connectivity index (χ1n) is 3.07. The summed E-state index contributed by atoms with van der Waals surface area (Å²) in [6.07, 6.45) is 1.64. The molecule has 1 aliphatic rings. The van der Waals surface area contributed by atoms with Crippen LogP contribution in [0.15, 0.2) is 0 Å². The van der Waals surface area contributed by atoms with Crippen molar-refractivity contribution < 1.29 is 14.3 Å². The second-order valence-electron chi connectivity index (χ2n) is 2.59. The van der Waals surface area contributed by atoms with Crippen molar-refractivity contribution in [3.8, 4) is 0 Å². The molecule has 0 aliphatic heterocycles. The topological polar surface area (TPSA) is 69.4 Å². The van der Waals surface area contributed by atoms with Crippen LogP contribution in [0.3, 0.4) is 0 Å². The maximum atomic E-state index is 10.3. The van der Waals surface area contributed by atoms with Crippen LogP contribution in [-0.2, 0) is 9.53 Å². The second-order valence-corrected chi connectivity index (χ2v) is 2.59. The summed E-state index contributed by atoms with van der Waals surface area (Å²) in [5.41, 5.74) is 4.33. The number of hydrogen-bond donors (Lipinski definition) is 1. The summed E-state index contributed by atoms with van der Waals surface area (Å²) in [5.74, 6) is 0. The minimum Gasteiger partial charge on any atom is -0.449 e. The molecule has 0 aromatic carbocycles. The molecule has 2 N–H and O–H groups in total. The molecule has 0 heterocycles. The fourth-order valence-electron chi connectivity index (χ4n) is 0.672. The summed E-state index contributed by atoms with van der Waals surface area (Å²) in [4.78, 5) is 20.3. The van der Waals surface area contributed by atoms with Gasteiger partial charge >= 0.3 is 6.09 Å². The van der Waals surface area contributed by atoms with Crippen LogP contribution in [0.5, 0.6) is 0 Å². The Balaban J connectivity index is 2.25. The van der Waals surface area contributed by atoms with Gasteiger partial charge in [-0.05, 0) is 12.8 Å². The SMILES string of the molecule is NC(=O)OCC1(C=O)CC1. The number of primary amides is 1. The van der Waals surface area contributed by atoms with E-state index in [-0.39, 0.29) is 12.0 Å². The zero-order chi connectivity index (χ0) is 7.61. The minimum atomic E-state index is -0.812. The first-order valence-corrected chi connectivity index (χ1v) is 3.07. The average Bonchev–Trinajstić information content (AvgIpc) is 2.64. The number of amides is 1. The van der Waals surface area contributed by atoms with Crippen LogP contribution >= 0.6 is 0 Å². The van der Waals surface area contributed by atoms with Crippen molar-refractivity contribution in [2.75, 3.05) is 6.61 Å². The van der Waals surface area contributed by atoms with Crippen molar-refractivity contribution in [2.24, 2.45) is 11.1 Å². The number of rotatable bonds is 3. The van der Waals surface area contributed by atoms with Crippen LogP contribution in [-0.4, -0.2) is 19.0 Å². The van der Waals surface area contributed by atoms with Gasteiger partial charge in [0, 0.05) is 0 Å². The molecule has 1 aliphatic carbocycles. The van der Waals surface area contributed by atoms with Gasteiger partial charge in [0.15, 0.2) is 0 Å². The Kier molecular flexibility index (Phi) is 1.61. The average molecular weight is 143 g/mol. The number of carbonyl (C=O) groups excluding carboxylic acids is 2. The number of hydrogen-bond acceptors (Lipinski definition) is 3. The number of aldehydes is 1. The first-order chi connectivity index (χ1) is 4.68. The Hall–Kier alpha value is -1.06. The quantitative estimate of drug-likeness (QED) is 0.568. The smallest absolute Gasteiger partial charge is 0.404 e. The van der Waals surface area contributed by atoms with Crippen LogP contribution in [0, 0.1) is 5.41 Å². The summed E-state index contributed by atoms with van der Waals surface area (Å²) in [5, 5.41) is 0. The summed E-state index contributed by atoms with van der Waals surface area (Å²) < 4.78 is 4.47. The molecule has 10 heavy (non-hydrogen) atoms. The molecule has 0 bridgehead atoms.